The normalized spacial score (nSPS) is 24.2. The monoisotopic (exact) mass is 348 g/mol. The molecule has 0 aliphatic carbocycles. The van der Waals surface area contributed by atoms with Gasteiger partial charge in [0.15, 0.2) is 0 Å². The zero-order valence-corrected chi connectivity index (χ0v) is 15.3. The van der Waals surface area contributed by atoms with E-state index in [2.05, 4.69) is 36.1 Å². The van der Waals surface area contributed by atoms with Crippen LogP contribution in [0.2, 0.25) is 5.02 Å². The number of nitrogens with two attached hydrogens (primary N) is 1. The lowest BCUT2D eigenvalue weighted by Crippen LogP contribution is -2.49. The smallest absolute Gasteiger partial charge is 0.0850 e. The number of aryl methyl sites for hydroxylation is 2. The predicted molar refractivity (Wildman–Crippen MR) is 95.2 cm³/mol. The quantitative estimate of drug-likeness (QED) is 0.611. The molecule has 0 spiro atoms. The van der Waals surface area contributed by atoms with Gasteiger partial charge >= 0.3 is 0 Å². The van der Waals surface area contributed by atoms with E-state index in [0.29, 0.717) is 10.5 Å². The summed E-state index contributed by atoms with van der Waals surface area (Å²) in [5.74, 6) is 8.30. The molecule has 0 amide bonds. The first-order chi connectivity index (χ1) is 10.1. The first kappa shape index (κ1) is 17.5. The summed E-state index contributed by atoms with van der Waals surface area (Å²) in [6.45, 7) is 4.34. The molecule has 1 aliphatic heterocycles. The Morgan fingerprint density at radius 1 is 1.43 bits per heavy atom. The van der Waals surface area contributed by atoms with Crippen LogP contribution in [0.4, 0.5) is 0 Å². The lowest BCUT2D eigenvalue weighted by molar-refractivity contribution is 0.477. The lowest BCUT2D eigenvalue weighted by Gasteiger charge is -2.35. The first-order valence-corrected chi connectivity index (χ1v) is 9.99. The number of thioether (sulfide) groups is 2. The number of nitrogens with one attached hydrogen (secondary N) is 1. The van der Waals surface area contributed by atoms with Gasteiger partial charge in [-0.1, -0.05) is 25.4 Å². The molecule has 2 heterocycles. The minimum Gasteiger partial charge on any atom is -0.271 e. The minimum atomic E-state index is 0.227. The molecular weight excluding hydrogens is 324 g/mol. The third kappa shape index (κ3) is 3.91. The van der Waals surface area contributed by atoms with Crippen LogP contribution in [0.5, 0.6) is 0 Å². The highest BCUT2D eigenvalue weighted by atomic mass is 35.5. The van der Waals surface area contributed by atoms with E-state index in [1.807, 2.05) is 23.5 Å². The fourth-order valence-corrected chi connectivity index (χ4v) is 6.45. The van der Waals surface area contributed by atoms with Gasteiger partial charge in [0, 0.05) is 41.5 Å². The highest BCUT2D eigenvalue weighted by Gasteiger charge is 2.32. The van der Waals surface area contributed by atoms with Gasteiger partial charge in [0.25, 0.3) is 0 Å². The Balaban J connectivity index is 2.16. The number of rotatable bonds is 6. The van der Waals surface area contributed by atoms with Crippen LogP contribution in [0.3, 0.4) is 0 Å². The second kappa shape index (κ2) is 8.11. The molecule has 0 saturated carbocycles. The number of halogens is 1. The van der Waals surface area contributed by atoms with Crippen molar-refractivity contribution in [1.29, 1.82) is 0 Å². The van der Waals surface area contributed by atoms with E-state index in [9.17, 15) is 0 Å². The van der Waals surface area contributed by atoms with Crippen molar-refractivity contribution in [1.82, 2.24) is 15.2 Å². The molecule has 1 aromatic rings. The first-order valence-electron chi connectivity index (χ1n) is 7.51. The maximum Gasteiger partial charge on any atom is 0.0850 e. The second-order valence-electron chi connectivity index (χ2n) is 5.31. The Bertz CT molecular complexity index is 466. The summed E-state index contributed by atoms with van der Waals surface area (Å²) in [4.78, 5) is 0. The maximum absolute atomic E-state index is 6.48. The van der Waals surface area contributed by atoms with Gasteiger partial charge in [-0.25, -0.2) is 0 Å². The van der Waals surface area contributed by atoms with E-state index >= 15 is 0 Å². The van der Waals surface area contributed by atoms with Gasteiger partial charge in [0.05, 0.1) is 16.4 Å². The van der Waals surface area contributed by atoms with Crippen LogP contribution in [0.15, 0.2) is 0 Å². The van der Waals surface area contributed by atoms with E-state index in [-0.39, 0.29) is 6.04 Å². The topological polar surface area (TPSA) is 55.9 Å². The maximum atomic E-state index is 6.48. The summed E-state index contributed by atoms with van der Waals surface area (Å²) in [6, 6.07) is 0.227. The summed E-state index contributed by atoms with van der Waals surface area (Å²) in [5.41, 5.74) is 5.09. The Morgan fingerprint density at radius 3 is 2.71 bits per heavy atom. The summed E-state index contributed by atoms with van der Waals surface area (Å²) < 4.78 is 1.91. The van der Waals surface area contributed by atoms with Gasteiger partial charge in [-0.2, -0.15) is 28.6 Å². The van der Waals surface area contributed by atoms with Crippen molar-refractivity contribution in [3.05, 3.63) is 16.4 Å². The van der Waals surface area contributed by atoms with Crippen molar-refractivity contribution >= 4 is 35.1 Å². The molecule has 0 bridgehead atoms. The number of hydrazine groups is 1. The molecule has 2 rings (SSSR count). The summed E-state index contributed by atoms with van der Waals surface area (Å²) >= 11 is 10.6. The number of aromatic nitrogens is 2. The van der Waals surface area contributed by atoms with Gasteiger partial charge in [0.1, 0.15) is 0 Å². The fourth-order valence-electron chi connectivity index (χ4n) is 2.83. The molecule has 3 N–H and O–H groups in total. The largest absolute Gasteiger partial charge is 0.271 e. The second-order valence-corrected chi connectivity index (χ2v) is 8.33. The summed E-state index contributed by atoms with van der Waals surface area (Å²) in [5, 5.41) is 6.49. The van der Waals surface area contributed by atoms with Crippen LogP contribution >= 0.6 is 35.1 Å². The van der Waals surface area contributed by atoms with Gasteiger partial charge in [-0.05, 0) is 12.8 Å². The predicted octanol–water partition coefficient (Wildman–Crippen LogP) is 2.64. The molecule has 1 aromatic heterocycles. The molecule has 1 saturated heterocycles. The van der Waals surface area contributed by atoms with Crippen LogP contribution in [0.25, 0.3) is 0 Å². The molecule has 0 radical (unpaired) electrons. The Labute approximate surface area is 140 Å². The average Bonchev–Trinajstić information content (AvgIpc) is 2.79. The minimum absolute atomic E-state index is 0.227. The summed E-state index contributed by atoms with van der Waals surface area (Å²) in [7, 11) is 1.97. The van der Waals surface area contributed by atoms with Crippen molar-refractivity contribution in [3.63, 3.8) is 0 Å². The highest BCUT2D eigenvalue weighted by molar-refractivity contribution is 8.07. The molecule has 3 atom stereocenters. The molecule has 3 unspecified atom stereocenters. The number of nitrogens with zero attached hydrogens (tertiary/aromatic N) is 2. The van der Waals surface area contributed by atoms with E-state index in [1.54, 1.807) is 0 Å². The van der Waals surface area contributed by atoms with Crippen LogP contribution in [0.1, 0.15) is 31.7 Å². The van der Waals surface area contributed by atoms with Crippen LogP contribution in [-0.4, -0.2) is 37.8 Å². The Kier molecular flexibility index (Phi) is 6.75. The van der Waals surface area contributed by atoms with Gasteiger partial charge in [-0.15, -0.1) is 0 Å². The molecule has 1 aliphatic rings. The Morgan fingerprint density at radius 2 is 2.14 bits per heavy atom. The van der Waals surface area contributed by atoms with Gasteiger partial charge < -0.3 is 0 Å². The lowest BCUT2D eigenvalue weighted by atomic mass is 10.0. The Hall–Kier alpha value is 0.120. The zero-order valence-electron chi connectivity index (χ0n) is 12.9. The van der Waals surface area contributed by atoms with Gasteiger partial charge in [0.2, 0.25) is 0 Å². The number of hydrogen-bond acceptors (Lipinski definition) is 5. The molecule has 0 aromatic carbocycles. The fraction of sp³-hybridized carbons (Fsp3) is 0.786. The third-order valence-corrected chi connectivity index (χ3v) is 7.86. The van der Waals surface area contributed by atoms with E-state index in [4.69, 9.17) is 17.4 Å². The standard InChI is InChI=1S/C14H25ClN4S2/c1-4-9-13(15)11(19(3)18-9)8-10(17-16)14-12(5-2)20-6-7-21-14/h10,12,14,17H,4-8,16H2,1-3H3. The van der Waals surface area contributed by atoms with Gasteiger partial charge in [-0.3, -0.25) is 16.0 Å². The van der Waals surface area contributed by atoms with E-state index in [0.717, 1.165) is 29.3 Å². The van der Waals surface area contributed by atoms with E-state index < -0.39 is 0 Å². The van der Waals surface area contributed by atoms with Crippen molar-refractivity contribution < 1.29 is 0 Å². The summed E-state index contributed by atoms with van der Waals surface area (Å²) in [6.07, 6.45) is 2.87. The van der Waals surface area contributed by atoms with Crippen molar-refractivity contribution in [2.24, 2.45) is 12.9 Å². The average molecular weight is 349 g/mol. The number of hydrogen-bond donors (Lipinski definition) is 2. The van der Waals surface area contributed by atoms with E-state index in [1.165, 1.54) is 17.9 Å². The van der Waals surface area contributed by atoms with Crippen LogP contribution in [0, 0.1) is 0 Å². The molecule has 120 valence electrons. The molecule has 7 heteroatoms. The zero-order chi connectivity index (χ0) is 15.4. The van der Waals surface area contributed by atoms with Crippen LogP contribution < -0.4 is 11.3 Å². The van der Waals surface area contributed by atoms with Crippen molar-refractivity contribution in [2.75, 3.05) is 11.5 Å². The molecule has 4 nitrogen and oxygen atoms in total. The third-order valence-electron chi connectivity index (χ3n) is 4.02. The SMILES string of the molecule is CCc1nn(C)c(CC(NN)C2SCCSC2CC)c1Cl. The highest BCUT2D eigenvalue weighted by Crippen LogP contribution is 2.36. The van der Waals surface area contributed by atoms with Crippen molar-refractivity contribution in [2.45, 2.75) is 49.7 Å². The molecule has 21 heavy (non-hydrogen) atoms. The molecular formula is C14H25ClN4S2. The molecule has 1 fully saturated rings. The van der Waals surface area contributed by atoms with Crippen LogP contribution in [-0.2, 0) is 19.9 Å². The van der Waals surface area contributed by atoms with Crippen molar-refractivity contribution in [3.8, 4) is 0 Å².